The molecule has 2 unspecified atom stereocenters. The minimum Gasteiger partial charge on any atom is -0.443 e. The number of aryl methyl sites for hydroxylation is 4. The van der Waals surface area contributed by atoms with Crippen molar-refractivity contribution in [1.82, 2.24) is 34.9 Å². The van der Waals surface area contributed by atoms with Crippen LogP contribution in [0.1, 0.15) is 159 Å². The summed E-state index contributed by atoms with van der Waals surface area (Å²) in [6.45, 7) is 27.1. The van der Waals surface area contributed by atoms with Crippen LogP contribution in [0.25, 0.3) is 33.4 Å². The van der Waals surface area contributed by atoms with Gasteiger partial charge in [0, 0.05) is 143 Å². The van der Waals surface area contributed by atoms with Gasteiger partial charge in [0.05, 0.1) is 11.2 Å². The predicted molar refractivity (Wildman–Crippen MR) is 359 cm³/mol. The second kappa shape index (κ2) is 28.9. The molecule has 0 fully saturated rings. The van der Waals surface area contributed by atoms with Gasteiger partial charge < -0.3 is 30.7 Å². The molecule has 0 aliphatic carbocycles. The van der Waals surface area contributed by atoms with Crippen LogP contribution in [0, 0.1) is 11.8 Å². The van der Waals surface area contributed by atoms with Crippen molar-refractivity contribution in [3.63, 3.8) is 0 Å². The van der Waals surface area contributed by atoms with Crippen LogP contribution in [0.3, 0.4) is 0 Å². The van der Waals surface area contributed by atoms with Crippen LogP contribution in [0.15, 0.2) is 109 Å². The van der Waals surface area contributed by atoms with E-state index in [9.17, 15) is 29.4 Å². The number of aromatic nitrogens is 7. The first-order valence-electron chi connectivity index (χ1n) is 31.2. The number of nitrogens with one attached hydrogen (secondary N) is 1. The molecule has 21 heteroatoms. The molecule has 0 spiro atoms. The third kappa shape index (κ3) is 17.4. The number of fused-ring (bicyclic) bond motifs is 4. The molecule has 0 aromatic carbocycles. The lowest BCUT2D eigenvalue weighted by atomic mass is 9.85. The van der Waals surface area contributed by atoms with Crippen LogP contribution in [0.2, 0.25) is 0 Å². The third-order valence-corrected chi connectivity index (χ3v) is 16.9. The van der Waals surface area contributed by atoms with Crippen LogP contribution in [0.4, 0.5) is 37.7 Å². The molecule has 482 valence electrons. The van der Waals surface area contributed by atoms with Gasteiger partial charge in [-0.25, -0.2) is 34.3 Å². The maximum absolute atomic E-state index is 12.5. The van der Waals surface area contributed by atoms with Crippen molar-refractivity contribution in [2.24, 2.45) is 17.6 Å². The summed E-state index contributed by atoms with van der Waals surface area (Å²) in [6.07, 6.45) is 24.1. The number of urea groups is 1. The first-order valence-corrected chi connectivity index (χ1v) is 32.0. The van der Waals surface area contributed by atoms with Gasteiger partial charge >= 0.3 is 18.2 Å². The number of rotatable bonds is 8. The Balaban J connectivity index is 0.000000158. The van der Waals surface area contributed by atoms with E-state index >= 15 is 0 Å². The molecule has 5 N–H and O–H groups in total. The Hall–Kier alpha value is -8.27. The molecule has 4 amide bonds. The van der Waals surface area contributed by atoms with Gasteiger partial charge in [-0.3, -0.25) is 34.4 Å². The SMILES string of the molecule is CC(=O)c1cncc(-c2cnc3c(c2)CCCN3C(=O)OC(C)(C)C)c1.CC(C)(C)OC(=O)N1CCCc2cc(Br)cnc21.CC(C)C(C)(O)c1cncc(-c2cnc3c(c2)CCCN3)c1.CC(C)C(C)(O)c1cncc(-c2cnc3c(c2)CCCN3C(N)=O)c1. The van der Waals surface area contributed by atoms with Gasteiger partial charge in [-0.1, -0.05) is 27.7 Å². The monoisotopic (exact) mass is 1300 g/mol. The summed E-state index contributed by atoms with van der Waals surface area (Å²) in [5, 5.41) is 24.7. The van der Waals surface area contributed by atoms with E-state index in [1.54, 1.807) is 66.3 Å². The molecule has 7 aromatic rings. The number of aliphatic hydroxyl groups is 2. The Labute approximate surface area is 543 Å². The van der Waals surface area contributed by atoms with E-state index in [2.05, 4.69) is 62.2 Å². The van der Waals surface area contributed by atoms with E-state index in [0.29, 0.717) is 36.8 Å². The number of carbonyl (C=O) groups is 4. The molecule has 4 aliphatic heterocycles. The zero-order chi connectivity index (χ0) is 66.2. The van der Waals surface area contributed by atoms with Gasteiger partial charge in [0.2, 0.25) is 0 Å². The average Bonchev–Trinajstić information content (AvgIpc) is 0.905. The van der Waals surface area contributed by atoms with Crippen molar-refractivity contribution in [2.75, 3.05) is 46.2 Å². The van der Waals surface area contributed by atoms with Crippen molar-refractivity contribution in [2.45, 2.75) is 164 Å². The van der Waals surface area contributed by atoms with E-state index in [-0.39, 0.29) is 29.8 Å². The number of nitrogens with two attached hydrogens (primary N) is 1. The number of nitrogens with zero attached hydrogens (tertiary/aromatic N) is 10. The highest BCUT2D eigenvalue weighted by Crippen LogP contribution is 2.37. The van der Waals surface area contributed by atoms with Crippen molar-refractivity contribution in [1.29, 1.82) is 0 Å². The zero-order valence-corrected chi connectivity index (χ0v) is 56.3. The molecule has 7 aromatic heterocycles. The second-order valence-corrected chi connectivity index (χ2v) is 27.3. The number of ketones is 1. The number of halogens is 1. The van der Waals surface area contributed by atoms with Crippen molar-refractivity contribution in [3.05, 3.63) is 148 Å². The van der Waals surface area contributed by atoms with Crippen molar-refractivity contribution >= 4 is 63.2 Å². The smallest absolute Gasteiger partial charge is 0.416 e. The van der Waals surface area contributed by atoms with Crippen LogP contribution in [-0.4, -0.2) is 106 Å². The van der Waals surface area contributed by atoms with Crippen molar-refractivity contribution in [3.8, 4) is 33.4 Å². The van der Waals surface area contributed by atoms with Crippen LogP contribution in [-0.2, 0) is 46.4 Å². The number of carbonyl (C=O) groups excluding carboxylic acids is 4. The van der Waals surface area contributed by atoms with E-state index in [4.69, 9.17) is 15.2 Å². The topological polar surface area (TPSA) is 265 Å². The molecule has 0 radical (unpaired) electrons. The van der Waals surface area contributed by atoms with Gasteiger partial charge in [0.1, 0.15) is 34.5 Å². The first-order chi connectivity index (χ1) is 42.9. The first kappa shape index (κ1) is 68.6. The molecule has 0 saturated carbocycles. The van der Waals surface area contributed by atoms with E-state index < -0.39 is 28.4 Å². The van der Waals surface area contributed by atoms with Gasteiger partial charge in [0.15, 0.2) is 5.78 Å². The number of hydrogen-bond acceptors (Lipinski definition) is 16. The molecule has 0 saturated heterocycles. The fourth-order valence-corrected chi connectivity index (χ4v) is 11.0. The molecule has 91 heavy (non-hydrogen) atoms. The highest BCUT2D eigenvalue weighted by molar-refractivity contribution is 9.10. The third-order valence-electron chi connectivity index (χ3n) is 16.5. The Kier molecular flexibility index (Phi) is 21.8. The standard InChI is InChI=1S/C20H23N3O3.C19H24N4O2.C18H23N3O.C13H17BrN2O2/c1-13(24)15-9-16(11-21-10-15)17-8-14-6-5-7-23(18(14)22-12-17)19(25)26-20(2,3)4;1-12(2)19(3,25)16-8-15(9-21-11-16)14-7-13-5-4-6-23(18(20)24)17(13)22-10-14;1-12(2)18(3,22)16-8-15(9-19-11-16)14-7-13-5-4-6-20-17(13)21-10-14;1-13(2,3)18-12(17)16-6-4-5-9-7-10(14)8-15-11(9)16/h8-12H,5-7H2,1-4H3;7-12,25H,4-6H2,1-3H3,(H2,20,24);7-12,22H,4-6H2,1-3H3,(H,20,21);7-8H,4-6H2,1-3H3. The highest BCUT2D eigenvalue weighted by atomic mass is 79.9. The number of primary amides is 1. The Morgan fingerprint density at radius 1 is 0.505 bits per heavy atom. The number of amides is 4. The van der Waals surface area contributed by atoms with E-state index in [1.165, 1.54) is 17.4 Å². The highest BCUT2D eigenvalue weighted by Gasteiger charge is 2.33. The minimum atomic E-state index is -0.951. The lowest BCUT2D eigenvalue weighted by molar-refractivity contribution is 0.00851. The Bertz CT molecular complexity index is 3770. The average molecular weight is 1300 g/mol. The van der Waals surface area contributed by atoms with Gasteiger partial charge in [0.25, 0.3) is 0 Å². The maximum Gasteiger partial charge on any atom is 0.416 e. The number of ether oxygens (including phenoxy) is 2. The normalized spacial score (nSPS) is 15.6. The van der Waals surface area contributed by atoms with Crippen LogP contribution >= 0.6 is 15.9 Å². The lowest BCUT2D eigenvalue weighted by Gasteiger charge is -2.30. The van der Waals surface area contributed by atoms with Crippen LogP contribution < -0.4 is 25.8 Å². The molecule has 20 nitrogen and oxygen atoms in total. The van der Waals surface area contributed by atoms with E-state index in [1.807, 2.05) is 125 Å². The quantitative estimate of drug-likeness (QED) is 0.103. The largest absolute Gasteiger partial charge is 0.443 e. The number of hydrogen-bond donors (Lipinski definition) is 4. The fraction of sp³-hybridized carbons (Fsp3) is 0.443. The summed E-state index contributed by atoms with van der Waals surface area (Å²) < 4.78 is 11.8. The summed E-state index contributed by atoms with van der Waals surface area (Å²) in [4.78, 5) is 83.0. The molecule has 11 heterocycles. The summed E-state index contributed by atoms with van der Waals surface area (Å²) in [5.74, 6) is 3.16. The molecule has 0 bridgehead atoms. The molecular formula is C70H87BrN12O8. The van der Waals surface area contributed by atoms with Gasteiger partial charge in [-0.2, -0.15) is 0 Å². The molecule has 2 atom stereocenters. The van der Waals surface area contributed by atoms with Crippen molar-refractivity contribution < 1.29 is 38.9 Å². The number of Topliss-reactive ketones (excluding diaryl/α,β-unsaturated/α-hetero) is 1. The summed E-state index contributed by atoms with van der Waals surface area (Å²) in [7, 11) is 0. The second-order valence-electron chi connectivity index (χ2n) is 26.4. The molecule has 4 aliphatic rings. The van der Waals surface area contributed by atoms with Gasteiger partial charge in [-0.05, 0) is 206 Å². The summed E-state index contributed by atoms with van der Waals surface area (Å²) >= 11 is 3.40. The summed E-state index contributed by atoms with van der Waals surface area (Å²) in [6, 6.07) is 13.5. The van der Waals surface area contributed by atoms with Crippen LogP contribution in [0.5, 0.6) is 0 Å². The Morgan fingerprint density at radius 2 is 0.890 bits per heavy atom. The predicted octanol–water partition coefficient (Wildman–Crippen LogP) is 13.8. The number of pyridine rings is 7. The fourth-order valence-electron chi connectivity index (χ4n) is 10.6. The maximum atomic E-state index is 12.5. The molecular weight excluding hydrogens is 1220 g/mol. The Morgan fingerprint density at radius 3 is 1.34 bits per heavy atom. The lowest BCUT2D eigenvalue weighted by Crippen LogP contribution is -2.40. The van der Waals surface area contributed by atoms with Gasteiger partial charge in [-0.15, -0.1) is 0 Å². The summed E-state index contributed by atoms with van der Waals surface area (Å²) in [5.41, 5.74) is 14.7. The minimum absolute atomic E-state index is 0.0265. The molecule has 11 rings (SSSR count). The number of anilines is 4. The van der Waals surface area contributed by atoms with E-state index in [0.717, 1.165) is 135 Å². The zero-order valence-electron chi connectivity index (χ0n) is 54.7.